The SMILES string of the molecule is CC1N=C2C(c3ccc(F)cc3F)=NC(N3C[C@@H](C)O[C@H](c4cnn(C5CC5)c4)C3)=CN2C(=O)C1(C)Cl. The van der Waals surface area contributed by atoms with Crippen LogP contribution in [0.3, 0.4) is 0 Å². The quantitative estimate of drug-likeness (QED) is 0.558. The first-order valence-corrected chi connectivity index (χ1v) is 12.8. The number of halogens is 3. The van der Waals surface area contributed by atoms with E-state index >= 15 is 0 Å². The number of rotatable bonds is 4. The molecule has 1 aromatic heterocycles. The normalized spacial score (nSPS) is 30.1. The lowest BCUT2D eigenvalue weighted by Gasteiger charge is -2.42. The van der Waals surface area contributed by atoms with Crippen LogP contribution in [0.15, 0.2) is 52.6 Å². The van der Waals surface area contributed by atoms with Crippen LogP contribution < -0.4 is 0 Å². The maximum atomic E-state index is 15.0. The number of alkyl halides is 1. The average molecular weight is 529 g/mol. The fourth-order valence-corrected chi connectivity index (χ4v) is 5.02. The predicted molar refractivity (Wildman–Crippen MR) is 134 cm³/mol. The van der Waals surface area contributed by atoms with Gasteiger partial charge in [0.2, 0.25) is 0 Å². The molecule has 4 aliphatic rings. The van der Waals surface area contributed by atoms with Gasteiger partial charge in [-0.1, -0.05) is 0 Å². The minimum absolute atomic E-state index is 0.0532. The van der Waals surface area contributed by atoms with Gasteiger partial charge in [0.05, 0.1) is 37.1 Å². The molecule has 1 saturated carbocycles. The van der Waals surface area contributed by atoms with E-state index in [4.69, 9.17) is 21.3 Å². The third-order valence-electron chi connectivity index (χ3n) is 7.33. The summed E-state index contributed by atoms with van der Waals surface area (Å²) in [6.07, 6.45) is 7.31. The van der Waals surface area contributed by atoms with E-state index in [2.05, 4.69) is 10.1 Å². The monoisotopic (exact) mass is 528 g/mol. The van der Waals surface area contributed by atoms with Crippen LogP contribution in [0.5, 0.6) is 0 Å². The first-order chi connectivity index (χ1) is 17.6. The first-order valence-electron chi connectivity index (χ1n) is 12.4. The first kappa shape index (κ1) is 24.2. The van der Waals surface area contributed by atoms with Gasteiger partial charge in [-0.3, -0.25) is 19.4 Å². The number of morpholine rings is 1. The van der Waals surface area contributed by atoms with Crippen LogP contribution >= 0.6 is 11.6 Å². The lowest BCUT2D eigenvalue weighted by Crippen LogP contribution is -2.57. The highest BCUT2D eigenvalue weighted by atomic mass is 35.5. The molecule has 0 radical (unpaired) electrons. The second kappa shape index (κ2) is 8.73. The highest BCUT2D eigenvalue weighted by Gasteiger charge is 2.48. The van der Waals surface area contributed by atoms with Crippen molar-refractivity contribution >= 4 is 29.1 Å². The molecule has 6 rings (SSSR count). The van der Waals surface area contributed by atoms with Crippen LogP contribution in [0, 0.1) is 11.6 Å². The van der Waals surface area contributed by atoms with Crippen LogP contribution in [-0.2, 0) is 9.53 Å². The Kier molecular flexibility index (Phi) is 5.72. The molecule has 2 fully saturated rings. The van der Waals surface area contributed by atoms with Gasteiger partial charge >= 0.3 is 0 Å². The Bertz CT molecular complexity index is 1360. The van der Waals surface area contributed by atoms with E-state index in [1.807, 2.05) is 28.9 Å². The molecule has 11 heteroatoms. The number of fused-ring (bicyclic) bond motifs is 1. The van der Waals surface area contributed by atoms with E-state index < -0.39 is 22.6 Å². The van der Waals surface area contributed by atoms with Crippen LogP contribution in [-0.4, -0.2) is 67.1 Å². The molecule has 1 aliphatic carbocycles. The van der Waals surface area contributed by atoms with Crippen molar-refractivity contribution in [1.29, 1.82) is 0 Å². The molecule has 1 aromatic carbocycles. The Morgan fingerprint density at radius 3 is 2.70 bits per heavy atom. The van der Waals surface area contributed by atoms with Gasteiger partial charge < -0.3 is 9.64 Å². The molecule has 4 atom stereocenters. The second-order valence-electron chi connectivity index (χ2n) is 10.3. The molecule has 0 N–H and O–H groups in total. The summed E-state index contributed by atoms with van der Waals surface area (Å²) in [5.41, 5.74) is 1.17. The van der Waals surface area contributed by atoms with Crippen molar-refractivity contribution in [2.24, 2.45) is 9.98 Å². The van der Waals surface area contributed by atoms with E-state index in [9.17, 15) is 13.6 Å². The number of ether oxygens (including phenoxy) is 1. The Morgan fingerprint density at radius 2 is 1.97 bits per heavy atom. The van der Waals surface area contributed by atoms with Crippen molar-refractivity contribution in [2.75, 3.05) is 13.1 Å². The molecular weight excluding hydrogens is 502 g/mol. The minimum atomic E-state index is -1.28. The number of benzene rings is 1. The van der Waals surface area contributed by atoms with Gasteiger partial charge in [-0.2, -0.15) is 5.10 Å². The van der Waals surface area contributed by atoms with Crippen LogP contribution in [0.1, 0.15) is 56.9 Å². The molecular formula is C26H27ClF2N6O2. The zero-order valence-corrected chi connectivity index (χ0v) is 21.5. The molecule has 0 spiro atoms. The Labute approximate surface area is 218 Å². The topological polar surface area (TPSA) is 75.3 Å². The predicted octanol–water partition coefficient (Wildman–Crippen LogP) is 4.19. The molecule has 2 aromatic rings. The van der Waals surface area contributed by atoms with Crippen molar-refractivity contribution in [2.45, 2.75) is 62.8 Å². The Balaban J connectivity index is 1.40. The third-order valence-corrected chi connectivity index (χ3v) is 7.81. The lowest BCUT2D eigenvalue weighted by molar-refractivity contribution is -0.129. The number of aliphatic imine (C=N–C) groups is 2. The van der Waals surface area contributed by atoms with E-state index in [-0.39, 0.29) is 35.2 Å². The standard InChI is InChI=1S/C26H27ClF2N6O2/c1-14-10-33(12-21(37-14)16-9-30-35(11-16)18-5-6-18)22-13-34-24(31-15(2)26(3,27)25(34)36)23(32-22)19-7-4-17(28)8-20(19)29/h4,7-9,11,13-15,18,21H,5-6,10,12H2,1-3H3/t14-,15?,21+,26?/m1/s1. The number of aromatic nitrogens is 2. The number of nitrogens with zero attached hydrogens (tertiary/aromatic N) is 6. The van der Waals surface area contributed by atoms with Crippen molar-refractivity contribution in [3.05, 3.63) is 65.4 Å². The van der Waals surface area contributed by atoms with Gasteiger partial charge in [0.15, 0.2) is 5.84 Å². The van der Waals surface area contributed by atoms with E-state index in [0.717, 1.165) is 30.5 Å². The number of hydrogen-bond acceptors (Lipinski definition) is 6. The van der Waals surface area contributed by atoms with E-state index in [1.54, 1.807) is 20.0 Å². The zero-order valence-electron chi connectivity index (χ0n) is 20.7. The Hall–Kier alpha value is -3.11. The van der Waals surface area contributed by atoms with Gasteiger partial charge in [0, 0.05) is 29.9 Å². The molecule has 194 valence electrons. The summed E-state index contributed by atoms with van der Waals surface area (Å²) < 4.78 is 36.9. The van der Waals surface area contributed by atoms with Crippen molar-refractivity contribution in [1.82, 2.24) is 19.6 Å². The summed E-state index contributed by atoms with van der Waals surface area (Å²) in [7, 11) is 0. The maximum Gasteiger partial charge on any atom is 0.255 e. The highest BCUT2D eigenvalue weighted by Crippen LogP contribution is 2.37. The molecule has 4 heterocycles. The van der Waals surface area contributed by atoms with Crippen LogP contribution in [0.4, 0.5) is 8.78 Å². The second-order valence-corrected chi connectivity index (χ2v) is 11.1. The fraction of sp³-hybridized carbons (Fsp3) is 0.462. The summed E-state index contributed by atoms with van der Waals surface area (Å²) >= 11 is 6.60. The smallest absolute Gasteiger partial charge is 0.255 e. The van der Waals surface area contributed by atoms with Crippen molar-refractivity contribution in [3.63, 3.8) is 0 Å². The van der Waals surface area contributed by atoms with Crippen LogP contribution in [0.2, 0.25) is 0 Å². The highest BCUT2D eigenvalue weighted by molar-refractivity contribution is 6.52. The van der Waals surface area contributed by atoms with Gasteiger partial charge in [-0.25, -0.2) is 13.8 Å². The van der Waals surface area contributed by atoms with Gasteiger partial charge in [0.1, 0.15) is 34.1 Å². The molecule has 1 amide bonds. The zero-order chi connectivity index (χ0) is 26.1. The molecule has 1 saturated heterocycles. The third kappa shape index (κ3) is 4.25. The Morgan fingerprint density at radius 1 is 1.19 bits per heavy atom. The molecule has 37 heavy (non-hydrogen) atoms. The lowest BCUT2D eigenvalue weighted by atomic mass is 9.96. The largest absolute Gasteiger partial charge is 0.367 e. The number of carbonyl (C=O) groups is 1. The average Bonchev–Trinajstić information content (AvgIpc) is 3.58. The molecule has 0 bridgehead atoms. The molecule has 3 aliphatic heterocycles. The van der Waals surface area contributed by atoms with Crippen molar-refractivity contribution in [3.8, 4) is 0 Å². The van der Waals surface area contributed by atoms with Crippen LogP contribution in [0.25, 0.3) is 0 Å². The summed E-state index contributed by atoms with van der Waals surface area (Å²) in [5.74, 6) is -1.24. The van der Waals surface area contributed by atoms with Crippen molar-refractivity contribution < 1.29 is 18.3 Å². The summed E-state index contributed by atoms with van der Waals surface area (Å²) in [5, 5.41) is 4.49. The molecule has 2 unspecified atom stereocenters. The number of carbonyl (C=O) groups excluding carboxylic acids is 1. The maximum absolute atomic E-state index is 15.0. The number of hydrogen-bond donors (Lipinski definition) is 0. The molecule has 8 nitrogen and oxygen atoms in total. The summed E-state index contributed by atoms with van der Waals surface area (Å²) in [4.78, 5) is 24.9. The fourth-order valence-electron chi connectivity index (χ4n) is 4.88. The summed E-state index contributed by atoms with van der Waals surface area (Å²) in [6.45, 7) is 6.27. The number of amides is 1. The van der Waals surface area contributed by atoms with Gasteiger partial charge in [0.25, 0.3) is 5.91 Å². The minimum Gasteiger partial charge on any atom is -0.367 e. The van der Waals surface area contributed by atoms with Gasteiger partial charge in [-0.05, 0) is 45.7 Å². The summed E-state index contributed by atoms with van der Waals surface area (Å²) in [6, 6.07) is 3.15. The van der Waals surface area contributed by atoms with Gasteiger partial charge in [-0.15, -0.1) is 11.6 Å². The van der Waals surface area contributed by atoms with E-state index in [0.29, 0.717) is 25.0 Å². The number of amidine groups is 1. The van der Waals surface area contributed by atoms with E-state index in [1.165, 1.54) is 11.0 Å².